The molecular weight excluding hydrogens is 473 g/mol. The first-order chi connectivity index (χ1) is 16.2. The highest BCUT2D eigenvalue weighted by atomic mass is 32.1. The summed E-state index contributed by atoms with van der Waals surface area (Å²) in [5.74, 6) is 5.33. The molecule has 0 atom stereocenters. The van der Waals surface area contributed by atoms with E-state index in [9.17, 15) is 22.8 Å². The Balaban J connectivity index is 1.70. The Hall–Kier alpha value is -3.69. The highest BCUT2D eigenvalue weighted by Crippen LogP contribution is 2.38. The summed E-state index contributed by atoms with van der Waals surface area (Å²) < 4.78 is 51.5. The van der Waals surface area contributed by atoms with E-state index >= 15 is 0 Å². The molecule has 12 heteroatoms. The Kier molecular flexibility index (Phi) is 6.41. The molecule has 3 heterocycles. The van der Waals surface area contributed by atoms with Crippen LogP contribution in [0.15, 0.2) is 35.3 Å². The number of nitrogens with one attached hydrogen (secondary N) is 1. The van der Waals surface area contributed by atoms with Gasteiger partial charge in [-0.2, -0.15) is 13.2 Å². The fourth-order valence-electron chi connectivity index (χ4n) is 3.10. The van der Waals surface area contributed by atoms with E-state index < -0.39 is 23.2 Å². The predicted molar refractivity (Wildman–Crippen MR) is 118 cm³/mol. The van der Waals surface area contributed by atoms with Crippen molar-refractivity contribution in [1.82, 2.24) is 14.8 Å². The number of rotatable bonds is 4. The van der Waals surface area contributed by atoms with Gasteiger partial charge in [0.1, 0.15) is 5.75 Å². The maximum absolute atomic E-state index is 13.3. The maximum Gasteiger partial charge on any atom is 0.416 e. The van der Waals surface area contributed by atoms with Crippen LogP contribution in [-0.4, -0.2) is 41.0 Å². The van der Waals surface area contributed by atoms with E-state index in [4.69, 9.17) is 9.47 Å². The molecule has 1 N–H and O–H groups in total. The number of anilines is 1. The molecule has 1 amide bonds. The van der Waals surface area contributed by atoms with Gasteiger partial charge in [0.25, 0.3) is 11.5 Å². The summed E-state index contributed by atoms with van der Waals surface area (Å²) in [5, 5.41) is 10.8. The van der Waals surface area contributed by atoms with Crippen molar-refractivity contribution in [3.8, 4) is 28.7 Å². The standard InChI is InChI=1S/C22H17F3N4O4S/c1-29-9-16(14-7-13(22(23,24)25)4-5-17(14)32-2)15(8-19(29)30)20(31)26-21-28-27-18(34-21)6-3-12-10-33-11-12/h4-5,7-9,12H,10-11H2,1-2H3,(H,26,28,31). The van der Waals surface area contributed by atoms with E-state index in [-0.39, 0.29) is 33.5 Å². The Morgan fingerprint density at radius 3 is 2.68 bits per heavy atom. The van der Waals surface area contributed by atoms with E-state index in [2.05, 4.69) is 27.4 Å². The number of ether oxygens (including phenoxy) is 2. The second-order valence-electron chi connectivity index (χ2n) is 7.33. The number of nitrogens with zero attached hydrogens (tertiary/aromatic N) is 3. The van der Waals surface area contributed by atoms with Crippen molar-refractivity contribution in [3.63, 3.8) is 0 Å². The van der Waals surface area contributed by atoms with Crippen molar-refractivity contribution < 1.29 is 27.4 Å². The van der Waals surface area contributed by atoms with Crippen LogP contribution < -0.4 is 15.6 Å². The van der Waals surface area contributed by atoms with Crippen molar-refractivity contribution >= 4 is 22.4 Å². The first-order valence-corrected chi connectivity index (χ1v) is 10.7. The highest BCUT2D eigenvalue weighted by Gasteiger charge is 2.32. The third-order valence-corrected chi connectivity index (χ3v) is 5.71. The lowest BCUT2D eigenvalue weighted by molar-refractivity contribution is -0.137. The zero-order chi connectivity index (χ0) is 24.5. The third kappa shape index (κ3) is 4.95. The predicted octanol–water partition coefficient (Wildman–Crippen LogP) is 3.18. The summed E-state index contributed by atoms with van der Waals surface area (Å²) in [4.78, 5) is 25.3. The first-order valence-electron chi connectivity index (χ1n) is 9.86. The number of aromatic nitrogens is 3. The van der Waals surface area contributed by atoms with Crippen LogP contribution in [0.1, 0.15) is 20.9 Å². The lowest BCUT2D eigenvalue weighted by atomic mass is 9.98. The molecule has 3 aromatic rings. The van der Waals surface area contributed by atoms with Gasteiger partial charge >= 0.3 is 6.18 Å². The number of halogens is 3. The fraction of sp³-hybridized carbons (Fsp3) is 0.273. The lowest BCUT2D eigenvalue weighted by Crippen LogP contribution is -2.25. The van der Waals surface area contributed by atoms with Crippen LogP contribution in [0.3, 0.4) is 0 Å². The van der Waals surface area contributed by atoms with Gasteiger partial charge in [-0.1, -0.05) is 17.3 Å². The number of alkyl halides is 3. The van der Waals surface area contributed by atoms with Gasteiger partial charge in [-0.05, 0) is 24.1 Å². The summed E-state index contributed by atoms with van der Waals surface area (Å²) in [6.07, 6.45) is -3.33. The minimum absolute atomic E-state index is 0.00427. The molecule has 1 saturated heterocycles. The van der Waals surface area contributed by atoms with Crippen LogP contribution in [0.2, 0.25) is 0 Å². The van der Waals surface area contributed by atoms with Gasteiger partial charge in [0.15, 0.2) is 5.01 Å². The first kappa shape index (κ1) is 23.5. The topological polar surface area (TPSA) is 95.3 Å². The molecule has 0 spiro atoms. The quantitative estimate of drug-likeness (QED) is 0.565. The number of aryl methyl sites for hydroxylation is 1. The van der Waals surface area contributed by atoms with Crippen LogP contribution in [-0.2, 0) is 18.0 Å². The normalized spacial score (nSPS) is 13.6. The maximum atomic E-state index is 13.3. The number of hydrogen-bond donors (Lipinski definition) is 1. The number of hydrogen-bond acceptors (Lipinski definition) is 7. The molecule has 0 aliphatic carbocycles. The summed E-state index contributed by atoms with van der Waals surface area (Å²) in [6, 6.07) is 3.96. The van der Waals surface area contributed by atoms with Crippen molar-refractivity contribution in [2.24, 2.45) is 13.0 Å². The van der Waals surface area contributed by atoms with Crippen LogP contribution in [0.25, 0.3) is 11.1 Å². The SMILES string of the molecule is COc1ccc(C(F)(F)F)cc1-c1cn(C)c(=O)cc1C(=O)Nc1nnc(C#CC2COC2)s1. The molecule has 0 radical (unpaired) electrons. The fourth-order valence-corrected chi connectivity index (χ4v) is 3.70. The minimum Gasteiger partial charge on any atom is -0.496 e. The zero-order valence-corrected chi connectivity index (χ0v) is 18.7. The second-order valence-corrected chi connectivity index (χ2v) is 8.31. The second kappa shape index (κ2) is 9.28. The number of benzene rings is 1. The smallest absolute Gasteiger partial charge is 0.416 e. The number of carbonyl (C=O) groups excluding carboxylic acids is 1. The van der Waals surface area contributed by atoms with Crippen molar-refractivity contribution in [2.45, 2.75) is 6.18 Å². The van der Waals surface area contributed by atoms with Crippen LogP contribution in [0, 0.1) is 17.8 Å². The van der Waals surface area contributed by atoms with Gasteiger partial charge in [-0.3, -0.25) is 14.9 Å². The Morgan fingerprint density at radius 2 is 2.03 bits per heavy atom. The van der Waals surface area contributed by atoms with Crippen molar-refractivity contribution in [2.75, 3.05) is 25.6 Å². The van der Waals surface area contributed by atoms with Gasteiger partial charge in [-0.25, -0.2) is 0 Å². The van der Waals surface area contributed by atoms with Crippen LogP contribution in [0.4, 0.5) is 18.3 Å². The average molecular weight is 490 g/mol. The van der Waals surface area contributed by atoms with Gasteiger partial charge in [0.2, 0.25) is 5.13 Å². The average Bonchev–Trinajstić information content (AvgIpc) is 3.20. The van der Waals surface area contributed by atoms with Crippen molar-refractivity contribution in [1.29, 1.82) is 0 Å². The summed E-state index contributed by atoms with van der Waals surface area (Å²) >= 11 is 1.03. The largest absolute Gasteiger partial charge is 0.496 e. The van der Waals surface area contributed by atoms with Gasteiger partial charge in [0, 0.05) is 30.4 Å². The number of pyridine rings is 1. The Bertz CT molecular complexity index is 1370. The molecule has 2 aromatic heterocycles. The molecular formula is C22H17F3N4O4S. The molecule has 4 rings (SSSR count). The van der Waals surface area contributed by atoms with Gasteiger partial charge in [-0.15, -0.1) is 10.2 Å². The molecule has 34 heavy (non-hydrogen) atoms. The van der Waals surface area contributed by atoms with E-state index in [1.165, 1.54) is 20.4 Å². The zero-order valence-electron chi connectivity index (χ0n) is 17.9. The van der Waals surface area contributed by atoms with E-state index in [1.54, 1.807) is 0 Å². The monoisotopic (exact) mass is 490 g/mol. The van der Waals surface area contributed by atoms with Gasteiger partial charge in [0.05, 0.1) is 37.4 Å². The van der Waals surface area contributed by atoms with E-state index in [0.29, 0.717) is 18.2 Å². The molecule has 1 aliphatic rings. The molecule has 0 unspecified atom stereocenters. The third-order valence-electron chi connectivity index (χ3n) is 4.96. The molecule has 0 bridgehead atoms. The lowest BCUT2D eigenvalue weighted by Gasteiger charge is -2.19. The molecule has 1 aromatic carbocycles. The van der Waals surface area contributed by atoms with Gasteiger partial charge < -0.3 is 14.0 Å². The Labute approximate surface area is 195 Å². The van der Waals surface area contributed by atoms with E-state index in [1.807, 2.05) is 0 Å². The summed E-state index contributed by atoms with van der Waals surface area (Å²) in [7, 11) is 2.73. The van der Waals surface area contributed by atoms with Crippen molar-refractivity contribution in [3.05, 3.63) is 57.0 Å². The number of amides is 1. The number of carbonyl (C=O) groups is 1. The molecule has 176 valence electrons. The Morgan fingerprint density at radius 1 is 1.26 bits per heavy atom. The molecule has 1 fully saturated rings. The molecule has 0 saturated carbocycles. The van der Waals surface area contributed by atoms with Crippen LogP contribution >= 0.6 is 11.3 Å². The summed E-state index contributed by atoms with van der Waals surface area (Å²) in [5.41, 5.74) is -1.50. The van der Waals surface area contributed by atoms with Crippen LogP contribution in [0.5, 0.6) is 5.75 Å². The highest BCUT2D eigenvalue weighted by molar-refractivity contribution is 7.15. The summed E-state index contributed by atoms with van der Waals surface area (Å²) in [6.45, 7) is 1.11. The number of methoxy groups -OCH3 is 1. The molecule has 8 nitrogen and oxygen atoms in total. The minimum atomic E-state index is -4.61. The molecule has 1 aliphatic heterocycles. The van der Waals surface area contributed by atoms with E-state index in [0.717, 1.165) is 40.2 Å².